The molecule has 1 atom stereocenters. The maximum Gasteiger partial charge on any atom is 0.221 e. The Labute approximate surface area is 143 Å². The Morgan fingerprint density at radius 2 is 2.04 bits per heavy atom. The average Bonchev–Trinajstić information content (AvgIpc) is 3.13. The normalized spacial score (nSPS) is 16.8. The van der Waals surface area contributed by atoms with E-state index in [1.165, 1.54) is 6.42 Å². The van der Waals surface area contributed by atoms with Crippen LogP contribution in [0.5, 0.6) is 5.75 Å². The summed E-state index contributed by atoms with van der Waals surface area (Å²) in [5.41, 5.74) is 3.37. The van der Waals surface area contributed by atoms with Gasteiger partial charge in [0.05, 0.1) is 7.11 Å². The SMILES string of the molecule is COc1cccc(-c2ccc(CNC(=O)CC3CCCN3)cc2)c1. The minimum absolute atomic E-state index is 0.117. The van der Waals surface area contributed by atoms with Crippen LogP contribution in [0.15, 0.2) is 48.5 Å². The van der Waals surface area contributed by atoms with Crippen LogP contribution in [0.1, 0.15) is 24.8 Å². The van der Waals surface area contributed by atoms with Crippen LogP contribution < -0.4 is 15.4 Å². The lowest BCUT2D eigenvalue weighted by Gasteiger charge is -2.11. The summed E-state index contributed by atoms with van der Waals surface area (Å²) >= 11 is 0. The van der Waals surface area contributed by atoms with Crippen LogP contribution in [-0.2, 0) is 11.3 Å². The van der Waals surface area contributed by atoms with Gasteiger partial charge in [-0.25, -0.2) is 0 Å². The third-order valence-electron chi connectivity index (χ3n) is 4.44. The van der Waals surface area contributed by atoms with E-state index in [2.05, 4.69) is 41.0 Å². The van der Waals surface area contributed by atoms with Gasteiger partial charge >= 0.3 is 0 Å². The molecule has 0 spiro atoms. The zero-order valence-electron chi connectivity index (χ0n) is 14.0. The van der Waals surface area contributed by atoms with Crippen molar-refractivity contribution >= 4 is 5.91 Å². The highest BCUT2D eigenvalue weighted by atomic mass is 16.5. The van der Waals surface area contributed by atoms with E-state index in [9.17, 15) is 4.79 Å². The predicted molar refractivity (Wildman–Crippen MR) is 95.9 cm³/mol. The fourth-order valence-electron chi connectivity index (χ4n) is 3.05. The van der Waals surface area contributed by atoms with Gasteiger partial charge in [0.1, 0.15) is 5.75 Å². The van der Waals surface area contributed by atoms with Gasteiger partial charge in [0, 0.05) is 19.0 Å². The molecular formula is C20H24N2O2. The second-order valence-corrected chi connectivity index (χ2v) is 6.20. The number of carbonyl (C=O) groups excluding carboxylic acids is 1. The Morgan fingerprint density at radius 1 is 1.21 bits per heavy atom. The van der Waals surface area contributed by atoms with Crippen LogP contribution in [0.3, 0.4) is 0 Å². The highest BCUT2D eigenvalue weighted by molar-refractivity contribution is 5.76. The minimum atomic E-state index is 0.117. The lowest BCUT2D eigenvalue weighted by molar-refractivity contribution is -0.121. The zero-order chi connectivity index (χ0) is 16.8. The number of nitrogens with one attached hydrogen (secondary N) is 2. The van der Waals surface area contributed by atoms with Crippen molar-refractivity contribution < 1.29 is 9.53 Å². The molecule has 0 bridgehead atoms. The summed E-state index contributed by atoms with van der Waals surface area (Å²) in [6.45, 7) is 1.60. The van der Waals surface area contributed by atoms with E-state index in [0.717, 1.165) is 35.4 Å². The standard InChI is InChI=1S/C20H24N2O2/c1-24-19-6-2-4-17(12-19)16-9-7-15(8-10-16)14-22-20(23)13-18-5-3-11-21-18/h2,4,6-10,12,18,21H,3,5,11,13-14H2,1H3,(H,22,23). The fourth-order valence-corrected chi connectivity index (χ4v) is 3.05. The largest absolute Gasteiger partial charge is 0.497 e. The highest BCUT2D eigenvalue weighted by Gasteiger charge is 2.17. The minimum Gasteiger partial charge on any atom is -0.497 e. The van der Waals surface area contributed by atoms with Gasteiger partial charge in [0.2, 0.25) is 5.91 Å². The van der Waals surface area contributed by atoms with E-state index in [4.69, 9.17) is 4.74 Å². The number of amides is 1. The smallest absolute Gasteiger partial charge is 0.221 e. The Balaban J connectivity index is 1.55. The molecule has 1 unspecified atom stereocenters. The Bertz CT molecular complexity index is 676. The van der Waals surface area contributed by atoms with Gasteiger partial charge in [0.15, 0.2) is 0 Å². The van der Waals surface area contributed by atoms with Crippen molar-refractivity contribution in [1.29, 1.82) is 0 Å². The molecule has 0 saturated carbocycles. The van der Waals surface area contributed by atoms with Gasteiger partial charge < -0.3 is 15.4 Å². The number of methoxy groups -OCH3 is 1. The summed E-state index contributed by atoms with van der Waals surface area (Å²) in [7, 11) is 1.67. The molecular weight excluding hydrogens is 300 g/mol. The Hall–Kier alpha value is -2.33. The average molecular weight is 324 g/mol. The Morgan fingerprint density at radius 3 is 2.75 bits per heavy atom. The lowest BCUT2D eigenvalue weighted by Crippen LogP contribution is -2.31. The van der Waals surface area contributed by atoms with Crippen molar-refractivity contribution in [3.8, 4) is 16.9 Å². The molecule has 1 aliphatic heterocycles. The lowest BCUT2D eigenvalue weighted by atomic mass is 10.0. The molecule has 126 valence electrons. The van der Waals surface area contributed by atoms with Crippen molar-refractivity contribution in [3.63, 3.8) is 0 Å². The van der Waals surface area contributed by atoms with E-state index in [1.54, 1.807) is 7.11 Å². The maximum atomic E-state index is 12.0. The number of hydrogen-bond acceptors (Lipinski definition) is 3. The van der Waals surface area contributed by atoms with Crippen molar-refractivity contribution in [2.75, 3.05) is 13.7 Å². The summed E-state index contributed by atoms with van der Waals surface area (Å²) in [5, 5.41) is 6.35. The number of ether oxygens (including phenoxy) is 1. The van der Waals surface area contributed by atoms with Crippen LogP contribution in [0.4, 0.5) is 0 Å². The summed E-state index contributed by atoms with van der Waals surface area (Å²) in [6.07, 6.45) is 2.84. The third kappa shape index (κ3) is 4.36. The molecule has 2 aromatic carbocycles. The van der Waals surface area contributed by atoms with E-state index in [0.29, 0.717) is 19.0 Å². The first-order chi connectivity index (χ1) is 11.7. The molecule has 1 amide bonds. The van der Waals surface area contributed by atoms with Crippen LogP contribution in [0.25, 0.3) is 11.1 Å². The van der Waals surface area contributed by atoms with E-state index in [-0.39, 0.29) is 5.91 Å². The molecule has 1 aliphatic rings. The van der Waals surface area contributed by atoms with Gasteiger partial charge in [-0.15, -0.1) is 0 Å². The second kappa shape index (κ2) is 7.97. The third-order valence-corrected chi connectivity index (χ3v) is 4.44. The number of benzene rings is 2. The molecule has 4 heteroatoms. The quantitative estimate of drug-likeness (QED) is 0.858. The number of rotatable bonds is 6. The fraction of sp³-hybridized carbons (Fsp3) is 0.350. The molecule has 0 aliphatic carbocycles. The molecule has 24 heavy (non-hydrogen) atoms. The molecule has 2 N–H and O–H groups in total. The van der Waals surface area contributed by atoms with Crippen LogP contribution in [0.2, 0.25) is 0 Å². The van der Waals surface area contributed by atoms with Gasteiger partial charge in [0.25, 0.3) is 0 Å². The number of hydrogen-bond donors (Lipinski definition) is 2. The van der Waals surface area contributed by atoms with Gasteiger partial charge in [-0.1, -0.05) is 36.4 Å². The van der Waals surface area contributed by atoms with Crippen LogP contribution in [-0.4, -0.2) is 25.6 Å². The first kappa shape index (κ1) is 16.5. The molecule has 3 rings (SSSR count). The maximum absolute atomic E-state index is 12.0. The molecule has 4 nitrogen and oxygen atoms in total. The van der Waals surface area contributed by atoms with Crippen molar-refractivity contribution in [3.05, 3.63) is 54.1 Å². The zero-order valence-corrected chi connectivity index (χ0v) is 14.0. The van der Waals surface area contributed by atoms with Crippen molar-refractivity contribution in [2.45, 2.75) is 31.8 Å². The van der Waals surface area contributed by atoms with E-state index >= 15 is 0 Å². The summed E-state index contributed by atoms with van der Waals surface area (Å²) in [5.74, 6) is 0.968. The highest BCUT2D eigenvalue weighted by Crippen LogP contribution is 2.24. The monoisotopic (exact) mass is 324 g/mol. The second-order valence-electron chi connectivity index (χ2n) is 6.20. The van der Waals surface area contributed by atoms with E-state index < -0.39 is 0 Å². The molecule has 1 heterocycles. The van der Waals surface area contributed by atoms with Crippen molar-refractivity contribution in [2.24, 2.45) is 0 Å². The molecule has 2 aromatic rings. The summed E-state index contributed by atoms with van der Waals surface area (Å²) in [6, 6.07) is 16.6. The first-order valence-electron chi connectivity index (χ1n) is 8.48. The Kier molecular flexibility index (Phi) is 5.49. The van der Waals surface area contributed by atoms with Gasteiger partial charge in [-0.05, 0) is 48.2 Å². The predicted octanol–water partition coefficient (Wildman–Crippen LogP) is 3.12. The van der Waals surface area contributed by atoms with Crippen LogP contribution in [0, 0.1) is 0 Å². The first-order valence-corrected chi connectivity index (χ1v) is 8.48. The molecule has 1 fully saturated rings. The van der Waals surface area contributed by atoms with Gasteiger partial charge in [-0.2, -0.15) is 0 Å². The summed E-state index contributed by atoms with van der Waals surface area (Å²) < 4.78 is 5.27. The molecule has 0 aromatic heterocycles. The molecule has 0 radical (unpaired) electrons. The topological polar surface area (TPSA) is 50.4 Å². The van der Waals surface area contributed by atoms with Crippen LogP contribution >= 0.6 is 0 Å². The molecule has 1 saturated heterocycles. The van der Waals surface area contributed by atoms with E-state index in [1.807, 2.05) is 18.2 Å². The van der Waals surface area contributed by atoms with Crippen molar-refractivity contribution in [1.82, 2.24) is 10.6 Å². The number of carbonyl (C=O) groups is 1. The summed E-state index contributed by atoms with van der Waals surface area (Å²) in [4.78, 5) is 12.0. The van der Waals surface area contributed by atoms with Gasteiger partial charge in [-0.3, -0.25) is 4.79 Å².